The molecule has 2 amide bonds. The fraction of sp³-hybridized carbons (Fsp3) is 0.778. The van der Waals surface area contributed by atoms with E-state index in [-0.39, 0.29) is 6.54 Å². The van der Waals surface area contributed by atoms with Crippen molar-refractivity contribution in [1.82, 2.24) is 10.2 Å². The fourth-order valence-electron chi connectivity index (χ4n) is 1.08. The Kier molecular flexibility index (Phi) is 5.77. The highest BCUT2D eigenvalue weighted by molar-refractivity contribution is 5.76. The van der Waals surface area contributed by atoms with E-state index in [1.807, 2.05) is 0 Å². The number of esters is 1. The van der Waals surface area contributed by atoms with E-state index in [2.05, 4.69) is 4.74 Å². The predicted molar refractivity (Wildman–Crippen MR) is 53.3 cm³/mol. The lowest BCUT2D eigenvalue weighted by Gasteiger charge is -2.21. The molecule has 0 bridgehead atoms. The van der Waals surface area contributed by atoms with Crippen LogP contribution in [0.2, 0.25) is 0 Å². The van der Waals surface area contributed by atoms with Gasteiger partial charge in [-0.15, -0.1) is 0 Å². The summed E-state index contributed by atoms with van der Waals surface area (Å²) in [7, 11) is 2.49. The lowest BCUT2D eigenvalue weighted by Crippen LogP contribution is -2.44. The highest BCUT2D eigenvalue weighted by Crippen LogP contribution is 2.12. The van der Waals surface area contributed by atoms with Gasteiger partial charge in [0.25, 0.3) is 0 Å². The molecule has 8 heteroatoms. The molecule has 0 radical (unpaired) electrons. The third-order valence-corrected chi connectivity index (χ3v) is 1.94. The molecular weight excluding hydrogens is 241 g/mol. The summed E-state index contributed by atoms with van der Waals surface area (Å²) in [4.78, 5) is 23.2. The van der Waals surface area contributed by atoms with Crippen molar-refractivity contribution in [3.8, 4) is 0 Å². The molecule has 1 unspecified atom stereocenters. The zero-order valence-corrected chi connectivity index (χ0v) is 9.80. The van der Waals surface area contributed by atoms with Crippen LogP contribution in [0.5, 0.6) is 0 Å². The minimum Gasteiger partial charge on any atom is -0.469 e. The predicted octanol–water partition coefficient (Wildman–Crippen LogP) is 0.999. The molecule has 1 N–H and O–H groups in total. The van der Waals surface area contributed by atoms with Gasteiger partial charge in [-0.25, -0.2) is 4.79 Å². The van der Waals surface area contributed by atoms with Crippen LogP contribution in [0.1, 0.15) is 6.92 Å². The largest absolute Gasteiger partial charge is 0.469 e. The van der Waals surface area contributed by atoms with Crippen LogP contribution in [-0.4, -0.2) is 50.3 Å². The normalized spacial score (nSPS) is 12.8. The Morgan fingerprint density at radius 2 is 1.94 bits per heavy atom. The number of urea groups is 1. The summed E-state index contributed by atoms with van der Waals surface area (Å²) in [5.41, 5.74) is 0. The third kappa shape index (κ3) is 6.64. The van der Waals surface area contributed by atoms with Crippen LogP contribution >= 0.6 is 0 Å². The van der Waals surface area contributed by atoms with E-state index in [4.69, 9.17) is 0 Å². The Bertz CT molecular complexity index is 281. The highest BCUT2D eigenvalue weighted by atomic mass is 19.4. The van der Waals surface area contributed by atoms with Crippen LogP contribution in [0.25, 0.3) is 0 Å². The topological polar surface area (TPSA) is 58.6 Å². The molecule has 0 aliphatic heterocycles. The zero-order chi connectivity index (χ0) is 13.6. The molecule has 100 valence electrons. The first-order valence-corrected chi connectivity index (χ1v) is 4.81. The lowest BCUT2D eigenvalue weighted by atomic mass is 10.2. The van der Waals surface area contributed by atoms with E-state index in [0.717, 1.165) is 4.90 Å². The fourth-order valence-corrected chi connectivity index (χ4v) is 1.08. The lowest BCUT2D eigenvalue weighted by molar-refractivity contribution is -0.145. The molecule has 0 spiro atoms. The van der Waals surface area contributed by atoms with Crippen LogP contribution in [0.3, 0.4) is 0 Å². The van der Waals surface area contributed by atoms with E-state index in [1.165, 1.54) is 21.1 Å². The smallest absolute Gasteiger partial charge is 0.405 e. The molecule has 0 aliphatic carbocycles. The number of halogens is 3. The number of methoxy groups -OCH3 is 1. The molecule has 0 rings (SSSR count). The second-order valence-electron chi connectivity index (χ2n) is 3.58. The molecule has 1 atom stereocenters. The minimum atomic E-state index is -4.45. The summed E-state index contributed by atoms with van der Waals surface area (Å²) in [6.07, 6.45) is -4.45. The molecular formula is C9H15F3N2O3. The van der Waals surface area contributed by atoms with E-state index in [1.54, 1.807) is 5.32 Å². The number of nitrogens with zero attached hydrogens (tertiary/aromatic N) is 1. The van der Waals surface area contributed by atoms with Gasteiger partial charge in [-0.3, -0.25) is 4.79 Å². The Balaban J connectivity index is 4.10. The van der Waals surface area contributed by atoms with Crippen LogP contribution in [0, 0.1) is 5.92 Å². The number of amides is 2. The van der Waals surface area contributed by atoms with Crippen molar-refractivity contribution in [2.75, 3.05) is 27.2 Å². The number of nitrogens with one attached hydrogen (secondary N) is 1. The summed E-state index contributed by atoms with van der Waals surface area (Å²) >= 11 is 0. The SMILES string of the molecule is COC(=O)C(C)CN(C)C(=O)NCC(F)(F)F. The summed E-state index contributed by atoms with van der Waals surface area (Å²) < 4.78 is 39.9. The molecule has 0 aromatic heterocycles. The number of alkyl halides is 3. The maximum atomic E-state index is 11.8. The quantitative estimate of drug-likeness (QED) is 0.763. The van der Waals surface area contributed by atoms with Crippen molar-refractivity contribution in [2.45, 2.75) is 13.1 Å². The van der Waals surface area contributed by atoms with Crippen LogP contribution in [0.4, 0.5) is 18.0 Å². The Hall–Kier alpha value is -1.47. The van der Waals surface area contributed by atoms with E-state index in [9.17, 15) is 22.8 Å². The zero-order valence-electron chi connectivity index (χ0n) is 9.80. The van der Waals surface area contributed by atoms with Crippen molar-refractivity contribution in [1.29, 1.82) is 0 Å². The first-order chi connectivity index (χ1) is 7.67. The molecule has 0 saturated heterocycles. The number of carbonyl (C=O) groups is 2. The Labute approximate surface area is 96.9 Å². The molecule has 0 aliphatic rings. The summed E-state index contributed by atoms with van der Waals surface area (Å²) in [6.45, 7) is 0.0957. The number of ether oxygens (including phenoxy) is 1. The van der Waals surface area contributed by atoms with Gasteiger partial charge in [0.05, 0.1) is 13.0 Å². The molecule has 0 fully saturated rings. The molecule has 5 nitrogen and oxygen atoms in total. The minimum absolute atomic E-state index is 0.0175. The third-order valence-electron chi connectivity index (χ3n) is 1.94. The number of hydrogen-bond donors (Lipinski definition) is 1. The van der Waals surface area contributed by atoms with Crippen molar-refractivity contribution in [2.24, 2.45) is 5.92 Å². The maximum Gasteiger partial charge on any atom is 0.405 e. The van der Waals surface area contributed by atoms with Gasteiger partial charge in [0, 0.05) is 13.6 Å². The van der Waals surface area contributed by atoms with E-state index in [0.29, 0.717) is 0 Å². The van der Waals surface area contributed by atoms with Gasteiger partial charge in [-0.2, -0.15) is 13.2 Å². The highest BCUT2D eigenvalue weighted by Gasteiger charge is 2.28. The van der Waals surface area contributed by atoms with Crippen LogP contribution in [-0.2, 0) is 9.53 Å². The van der Waals surface area contributed by atoms with Gasteiger partial charge in [-0.1, -0.05) is 6.92 Å². The first-order valence-electron chi connectivity index (χ1n) is 4.81. The van der Waals surface area contributed by atoms with Gasteiger partial charge < -0.3 is 15.0 Å². The van der Waals surface area contributed by atoms with E-state index >= 15 is 0 Å². The van der Waals surface area contributed by atoms with Gasteiger partial charge in [0.15, 0.2) is 0 Å². The first kappa shape index (κ1) is 15.5. The van der Waals surface area contributed by atoms with Crippen molar-refractivity contribution in [3.05, 3.63) is 0 Å². The van der Waals surface area contributed by atoms with Crippen molar-refractivity contribution < 1.29 is 27.5 Å². The summed E-state index contributed by atoms with van der Waals surface area (Å²) in [6, 6.07) is -0.891. The van der Waals surface area contributed by atoms with Gasteiger partial charge in [0.2, 0.25) is 0 Å². The molecule has 0 heterocycles. The number of rotatable bonds is 4. The second kappa shape index (κ2) is 6.31. The van der Waals surface area contributed by atoms with Gasteiger partial charge >= 0.3 is 18.2 Å². The Morgan fingerprint density at radius 1 is 1.41 bits per heavy atom. The van der Waals surface area contributed by atoms with Crippen molar-refractivity contribution in [3.63, 3.8) is 0 Å². The standard InChI is InChI=1S/C9H15F3N2O3/c1-6(7(15)17-3)4-14(2)8(16)13-5-9(10,11)12/h6H,4-5H2,1-3H3,(H,13,16). The second-order valence-corrected chi connectivity index (χ2v) is 3.58. The van der Waals surface area contributed by atoms with Gasteiger partial charge in [0.1, 0.15) is 6.54 Å². The van der Waals surface area contributed by atoms with Crippen LogP contribution in [0.15, 0.2) is 0 Å². The molecule has 0 aromatic carbocycles. The van der Waals surface area contributed by atoms with Crippen molar-refractivity contribution >= 4 is 12.0 Å². The molecule has 0 aromatic rings. The van der Waals surface area contributed by atoms with E-state index < -0.39 is 30.6 Å². The average molecular weight is 256 g/mol. The van der Waals surface area contributed by atoms with Crippen LogP contribution < -0.4 is 5.32 Å². The Morgan fingerprint density at radius 3 is 2.35 bits per heavy atom. The summed E-state index contributed by atoms with van der Waals surface area (Å²) in [5.74, 6) is -1.12. The average Bonchev–Trinajstić information content (AvgIpc) is 2.23. The maximum absolute atomic E-state index is 11.8. The number of carbonyl (C=O) groups excluding carboxylic acids is 2. The number of hydrogen-bond acceptors (Lipinski definition) is 3. The summed E-state index contributed by atoms with van der Waals surface area (Å²) in [5, 5.41) is 1.69. The van der Waals surface area contributed by atoms with Gasteiger partial charge in [-0.05, 0) is 0 Å². The molecule has 17 heavy (non-hydrogen) atoms. The molecule has 0 saturated carbocycles. The monoisotopic (exact) mass is 256 g/mol.